The van der Waals surface area contributed by atoms with Crippen LogP contribution >= 0.6 is 0 Å². The van der Waals surface area contributed by atoms with E-state index < -0.39 is 0 Å². The molecule has 0 radical (unpaired) electrons. The van der Waals surface area contributed by atoms with Crippen molar-refractivity contribution in [2.24, 2.45) is 5.16 Å². The number of morpholine rings is 1. The maximum Gasteiger partial charge on any atom is 0.227 e. The van der Waals surface area contributed by atoms with E-state index in [0.717, 1.165) is 48.8 Å². The first-order valence-corrected chi connectivity index (χ1v) is 9.55. The van der Waals surface area contributed by atoms with Crippen LogP contribution in [0.5, 0.6) is 0 Å². The van der Waals surface area contributed by atoms with Crippen molar-refractivity contribution in [1.82, 2.24) is 9.97 Å². The Kier molecular flexibility index (Phi) is 5.67. The molecule has 2 N–H and O–H groups in total. The SMILES string of the molecule is C/C(=N\O)c1ccc(-c2ccnc(Nc3ccc(N4CCOCC4)cc3)n2)cc1. The van der Waals surface area contributed by atoms with Gasteiger partial charge >= 0.3 is 0 Å². The fourth-order valence-electron chi connectivity index (χ4n) is 3.23. The third-order valence-corrected chi connectivity index (χ3v) is 4.90. The molecule has 0 atom stereocenters. The molecule has 1 aliphatic rings. The molecule has 1 aliphatic heterocycles. The molecule has 0 unspecified atom stereocenters. The number of anilines is 3. The Bertz CT molecular complexity index is 981. The number of hydrogen-bond donors (Lipinski definition) is 2. The fraction of sp³-hybridized carbons (Fsp3) is 0.227. The lowest BCUT2D eigenvalue weighted by atomic mass is 10.1. The first-order valence-electron chi connectivity index (χ1n) is 9.55. The van der Waals surface area contributed by atoms with Gasteiger partial charge in [-0.25, -0.2) is 9.97 Å². The molecule has 0 saturated carbocycles. The number of nitrogens with one attached hydrogen (secondary N) is 1. The van der Waals surface area contributed by atoms with Crippen molar-refractivity contribution < 1.29 is 9.94 Å². The number of hydrogen-bond acceptors (Lipinski definition) is 7. The molecule has 0 aliphatic carbocycles. The van der Waals surface area contributed by atoms with E-state index in [1.54, 1.807) is 13.1 Å². The van der Waals surface area contributed by atoms with Gasteiger partial charge in [0.15, 0.2) is 0 Å². The summed E-state index contributed by atoms with van der Waals surface area (Å²) in [7, 11) is 0. The van der Waals surface area contributed by atoms with Crippen molar-refractivity contribution in [2.75, 3.05) is 36.5 Å². The number of aromatic nitrogens is 2. The normalized spacial score (nSPS) is 14.7. The molecule has 1 aromatic heterocycles. The first kappa shape index (κ1) is 18.9. The van der Waals surface area contributed by atoms with Gasteiger partial charge in [0.2, 0.25) is 5.95 Å². The van der Waals surface area contributed by atoms with Crippen LogP contribution in [0.2, 0.25) is 0 Å². The van der Waals surface area contributed by atoms with E-state index in [0.29, 0.717) is 11.7 Å². The standard InChI is InChI=1S/C22H23N5O2/c1-16(26-28)17-2-4-18(5-3-17)21-10-11-23-22(25-21)24-19-6-8-20(9-7-19)27-12-14-29-15-13-27/h2-11,28H,12-15H2,1H3,(H,23,24,25)/b26-16+. The number of ether oxygens (including phenoxy) is 1. The highest BCUT2D eigenvalue weighted by Crippen LogP contribution is 2.23. The second-order valence-corrected chi connectivity index (χ2v) is 6.80. The zero-order valence-electron chi connectivity index (χ0n) is 16.2. The summed E-state index contributed by atoms with van der Waals surface area (Å²) in [5.74, 6) is 0.541. The Morgan fingerprint density at radius 2 is 1.76 bits per heavy atom. The minimum atomic E-state index is 0.541. The van der Waals surface area contributed by atoms with Gasteiger partial charge in [0.1, 0.15) is 0 Å². The number of nitrogens with zero attached hydrogens (tertiary/aromatic N) is 4. The summed E-state index contributed by atoms with van der Waals surface area (Å²) < 4.78 is 5.41. The average molecular weight is 389 g/mol. The zero-order chi connectivity index (χ0) is 20.1. The average Bonchev–Trinajstić information content (AvgIpc) is 2.80. The quantitative estimate of drug-likeness (QED) is 0.391. The van der Waals surface area contributed by atoms with Gasteiger partial charge in [-0.15, -0.1) is 0 Å². The minimum absolute atomic E-state index is 0.541. The van der Waals surface area contributed by atoms with E-state index in [2.05, 4.69) is 37.5 Å². The predicted octanol–water partition coefficient (Wildman–Crippen LogP) is 3.92. The van der Waals surface area contributed by atoms with Crippen LogP contribution in [0.3, 0.4) is 0 Å². The number of rotatable bonds is 5. The van der Waals surface area contributed by atoms with Crippen LogP contribution in [0.15, 0.2) is 65.9 Å². The van der Waals surface area contributed by atoms with Crippen LogP contribution in [0.4, 0.5) is 17.3 Å². The highest BCUT2D eigenvalue weighted by atomic mass is 16.5. The molecule has 148 valence electrons. The van der Waals surface area contributed by atoms with E-state index in [9.17, 15) is 0 Å². The maximum atomic E-state index is 8.89. The second-order valence-electron chi connectivity index (χ2n) is 6.80. The van der Waals surface area contributed by atoms with Crippen molar-refractivity contribution in [3.8, 4) is 11.3 Å². The van der Waals surface area contributed by atoms with Gasteiger partial charge in [-0.3, -0.25) is 0 Å². The van der Waals surface area contributed by atoms with Gasteiger partial charge in [0.05, 0.1) is 24.6 Å². The van der Waals surface area contributed by atoms with E-state index in [4.69, 9.17) is 9.94 Å². The molecule has 0 amide bonds. The van der Waals surface area contributed by atoms with Gasteiger partial charge in [-0.2, -0.15) is 0 Å². The van der Waals surface area contributed by atoms with Crippen molar-refractivity contribution >= 4 is 23.0 Å². The lowest BCUT2D eigenvalue weighted by molar-refractivity contribution is 0.122. The van der Waals surface area contributed by atoms with Crippen LogP contribution in [-0.2, 0) is 4.74 Å². The van der Waals surface area contributed by atoms with Crippen molar-refractivity contribution in [2.45, 2.75) is 6.92 Å². The van der Waals surface area contributed by atoms with Crippen molar-refractivity contribution in [3.05, 3.63) is 66.4 Å². The van der Waals surface area contributed by atoms with E-state index in [1.165, 1.54) is 5.69 Å². The van der Waals surface area contributed by atoms with Gasteiger partial charge in [-0.1, -0.05) is 29.4 Å². The van der Waals surface area contributed by atoms with Gasteiger partial charge in [0, 0.05) is 36.2 Å². The molecule has 4 rings (SSSR count). The Hall–Kier alpha value is -3.45. The molecule has 1 fully saturated rings. The summed E-state index contributed by atoms with van der Waals surface area (Å²) in [6.45, 7) is 5.13. The van der Waals surface area contributed by atoms with Crippen molar-refractivity contribution in [1.29, 1.82) is 0 Å². The summed E-state index contributed by atoms with van der Waals surface area (Å²) in [5, 5.41) is 15.4. The lowest BCUT2D eigenvalue weighted by Gasteiger charge is -2.28. The molecule has 7 heteroatoms. The largest absolute Gasteiger partial charge is 0.411 e. The number of oxime groups is 1. The summed E-state index contributed by atoms with van der Waals surface area (Å²) in [6.07, 6.45) is 1.74. The summed E-state index contributed by atoms with van der Waals surface area (Å²) in [4.78, 5) is 11.3. The van der Waals surface area contributed by atoms with Crippen LogP contribution in [0.1, 0.15) is 12.5 Å². The highest BCUT2D eigenvalue weighted by molar-refractivity contribution is 5.98. The lowest BCUT2D eigenvalue weighted by Crippen LogP contribution is -2.36. The Morgan fingerprint density at radius 3 is 2.45 bits per heavy atom. The summed E-state index contributed by atoms with van der Waals surface area (Å²) >= 11 is 0. The zero-order valence-corrected chi connectivity index (χ0v) is 16.2. The molecule has 29 heavy (non-hydrogen) atoms. The molecule has 2 heterocycles. The molecule has 1 saturated heterocycles. The smallest absolute Gasteiger partial charge is 0.227 e. The van der Waals surface area contributed by atoms with Crippen LogP contribution in [-0.4, -0.2) is 47.2 Å². The van der Waals surface area contributed by atoms with Gasteiger partial charge in [-0.05, 0) is 42.8 Å². The Labute approximate surface area is 169 Å². The maximum absolute atomic E-state index is 8.89. The third kappa shape index (κ3) is 4.52. The van der Waals surface area contributed by atoms with Gasteiger partial charge in [0.25, 0.3) is 0 Å². The molecular weight excluding hydrogens is 366 g/mol. The first-order chi connectivity index (χ1) is 14.2. The predicted molar refractivity (Wildman–Crippen MR) is 114 cm³/mol. The minimum Gasteiger partial charge on any atom is -0.411 e. The van der Waals surface area contributed by atoms with Crippen LogP contribution < -0.4 is 10.2 Å². The molecule has 3 aromatic rings. The Morgan fingerprint density at radius 1 is 1.03 bits per heavy atom. The number of benzene rings is 2. The van der Waals surface area contributed by atoms with Crippen molar-refractivity contribution in [3.63, 3.8) is 0 Å². The topological polar surface area (TPSA) is 82.9 Å². The second kappa shape index (κ2) is 8.70. The molecule has 7 nitrogen and oxygen atoms in total. The summed E-state index contributed by atoms with van der Waals surface area (Å²) in [5.41, 5.74) is 5.34. The van der Waals surface area contributed by atoms with Gasteiger partial charge < -0.3 is 20.2 Å². The van der Waals surface area contributed by atoms with Crippen LogP contribution in [0.25, 0.3) is 11.3 Å². The molecule has 0 bridgehead atoms. The monoisotopic (exact) mass is 389 g/mol. The fourth-order valence-corrected chi connectivity index (χ4v) is 3.23. The van der Waals surface area contributed by atoms with E-state index in [1.807, 2.05) is 42.5 Å². The highest BCUT2D eigenvalue weighted by Gasteiger charge is 2.11. The van der Waals surface area contributed by atoms with E-state index in [-0.39, 0.29) is 0 Å². The summed E-state index contributed by atoms with van der Waals surface area (Å²) in [6, 6.07) is 17.9. The van der Waals surface area contributed by atoms with E-state index >= 15 is 0 Å². The molecule has 2 aromatic carbocycles. The molecular formula is C22H23N5O2. The molecule has 0 spiro atoms. The van der Waals surface area contributed by atoms with Crippen LogP contribution in [0, 0.1) is 0 Å². The Balaban J connectivity index is 1.47. The third-order valence-electron chi connectivity index (χ3n) is 4.90.